The second kappa shape index (κ2) is 8.03. The number of ether oxygens (including phenoxy) is 2. The molecule has 4 nitrogen and oxygen atoms in total. The van der Waals surface area contributed by atoms with E-state index < -0.39 is 0 Å². The van der Waals surface area contributed by atoms with Crippen molar-refractivity contribution in [3.8, 4) is 11.5 Å². The lowest BCUT2D eigenvalue weighted by molar-refractivity contribution is 0.285. The maximum absolute atomic E-state index is 5.71. The van der Waals surface area contributed by atoms with Crippen LogP contribution >= 0.6 is 12.2 Å². The zero-order valence-electron chi connectivity index (χ0n) is 13.4. The summed E-state index contributed by atoms with van der Waals surface area (Å²) in [4.78, 5) is 2.18. The van der Waals surface area contributed by atoms with Crippen LogP contribution in [-0.2, 0) is 13.0 Å². The van der Waals surface area contributed by atoms with Gasteiger partial charge in [0.25, 0.3) is 0 Å². The first-order chi connectivity index (χ1) is 10.7. The predicted molar refractivity (Wildman–Crippen MR) is 93.7 cm³/mol. The summed E-state index contributed by atoms with van der Waals surface area (Å²) in [5.41, 5.74) is 2.57. The lowest BCUT2D eigenvalue weighted by Gasteiger charge is -2.31. The molecule has 0 spiro atoms. The van der Waals surface area contributed by atoms with Crippen LogP contribution < -0.4 is 14.8 Å². The molecule has 1 aliphatic heterocycles. The summed E-state index contributed by atoms with van der Waals surface area (Å²) in [7, 11) is 0. The molecule has 0 saturated heterocycles. The van der Waals surface area contributed by atoms with Gasteiger partial charge in [0.2, 0.25) is 0 Å². The highest BCUT2D eigenvalue weighted by Gasteiger charge is 2.21. The zero-order chi connectivity index (χ0) is 15.9. The van der Waals surface area contributed by atoms with Crippen LogP contribution in [0.25, 0.3) is 0 Å². The number of thiocarbonyl (C=S) groups is 1. The van der Waals surface area contributed by atoms with Crippen molar-refractivity contribution in [3.63, 3.8) is 0 Å². The van der Waals surface area contributed by atoms with Crippen LogP contribution in [0.3, 0.4) is 0 Å². The van der Waals surface area contributed by atoms with Gasteiger partial charge in [0.05, 0.1) is 13.2 Å². The molecule has 0 radical (unpaired) electrons. The third-order valence-electron chi connectivity index (χ3n) is 3.56. The number of nitrogens with one attached hydrogen (secondary N) is 1. The van der Waals surface area contributed by atoms with E-state index in [1.165, 1.54) is 11.1 Å². The zero-order valence-corrected chi connectivity index (χ0v) is 14.2. The first kappa shape index (κ1) is 16.6. The first-order valence-electron chi connectivity index (χ1n) is 7.74. The molecule has 0 aliphatic carbocycles. The standard InChI is InChI=1S/C17H24N2O2S/c1-4-8-18-17(22)19-9-7-13-10-15(20-5-2)16(21-6-3)11-14(13)12-19/h4,10-11H,1,5-9,12H2,2-3H3,(H,18,22). The highest BCUT2D eigenvalue weighted by Crippen LogP contribution is 2.33. The molecule has 0 fully saturated rings. The van der Waals surface area contributed by atoms with Crippen LogP contribution in [0.15, 0.2) is 24.8 Å². The SMILES string of the molecule is C=CCNC(=S)N1CCc2cc(OCC)c(OCC)cc2C1. The van der Waals surface area contributed by atoms with Crippen molar-refractivity contribution in [1.82, 2.24) is 10.2 Å². The predicted octanol–water partition coefficient (Wildman–Crippen LogP) is 2.90. The molecule has 0 atom stereocenters. The summed E-state index contributed by atoms with van der Waals surface area (Å²) in [5.74, 6) is 1.65. The molecule has 1 aromatic carbocycles. The van der Waals surface area contributed by atoms with Crippen LogP contribution in [0.5, 0.6) is 11.5 Å². The van der Waals surface area contributed by atoms with Gasteiger partial charge in [0, 0.05) is 19.6 Å². The maximum Gasteiger partial charge on any atom is 0.169 e. The molecule has 0 bridgehead atoms. The van der Waals surface area contributed by atoms with Gasteiger partial charge in [0.15, 0.2) is 16.6 Å². The highest BCUT2D eigenvalue weighted by atomic mass is 32.1. The minimum absolute atomic E-state index is 0.627. The number of hydrogen-bond donors (Lipinski definition) is 1. The minimum Gasteiger partial charge on any atom is -0.490 e. The molecule has 1 aliphatic rings. The quantitative estimate of drug-likeness (QED) is 0.644. The second-order valence-electron chi connectivity index (χ2n) is 5.08. The fourth-order valence-corrected chi connectivity index (χ4v) is 2.78. The van der Waals surface area contributed by atoms with E-state index in [2.05, 4.69) is 28.9 Å². The Morgan fingerprint density at radius 2 is 1.91 bits per heavy atom. The van der Waals surface area contributed by atoms with Gasteiger partial charge < -0.3 is 19.7 Å². The number of rotatable bonds is 6. The Morgan fingerprint density at radius 3 is 2.50 bits per heavy atom. The van der Waals surface area contributed by atoms with Crippen molar-refractivity contribution in [2.45, 2.75) is 26.8 Å². The van der Waals surface area contributed by atoms with Crippen molar-refractivity contribution in [1.29, 1.82) is 0 Å². The molecule has 5 heteroatoms. The molecule has 0 saturated carbocycles. The van der Waals surface area contributed by atoms with Gasteiger partial charge in [-0.3, -0.25) is 0 Å². The molecule has 0 amide bonds. The molecule has 1 aromatic rings. The number of nitrogens with zero attached hydrogens (tertiary/aromatic N) is 1. The summed E-state index contributed by atoms with van der Waals surface area (Å²) in [5, 5.41) is 3.96. The summed E-state index contributed by atoms with van der Waals surface area (Å²) >= 11 is 5.43. The molecule has 1 heterocycles. The maximum atomic E-state index is 5.71. The van der Waals surface area contributed by atoms with E-state index in [1.807, 2.05) is 19.9 Å². The molecule has 0 aromatic heterocycles. The Kier molecular flexibility index (Phi) is 6.07. The fourth-order valence-electron chi connectivity index (χ4n) is 2.55. The Bertz CT molecular complexity index is 546. The molecular weight excluding hydrogens is 296 g/mol. The Balaban J connectivity index is 2.18. The number of hydrogen-bond acceptors (Lipinski definition) is 3. The van der Waals surface area contributed by atoms with Crippen molar-refractivity contribution < 1.29 is 9.47 Å². The van der Waals surface area contributed by atoms with Crippen molar-refractivity contribution in [2.75, 3.05) is 26.3 Å². The van der Waals surface area contributed by atoms with E-state index in [9.17, 15) is 0 Å². The molecule has 1 N–H and O–H groups in total. The molecular formula is C17H24N2O2S. The first-order valence-corrected chi connectivity index (χ1v) is 8.15. The molecule has 22 heavy (non-hydrogen) atoms. The third kappa shape index (κ3) is 3.91. The van der Waals surface area contributed by atoms with Crippen LogP contribution in [0.4, 0.5) is 0 Å². The van der Waals surface area contributed by atoms with Crippen molar-refractivity contribution in [2.24, 2.45) is 0 Å². The third-order valence-corrected chi connectivity index (χ3v) is 3.97. The van der Waals surface area contributed by atoms with Crippen LogP contribution in [0, 0.1) is 0 Å². The topological polar surface area (TPSA) is 33.7 Å². The Labute approximate surface area is 138 Å². The van der Waals surface area contributed by atoms with Gasteiger partial charge in [-0.25, -0.2) is 0 Å². The van der Waals surface area contributed by atoms with Crippen LogP contribution in [0.1, 0.15) is 25.0 Å². The lowest BCUT2D eigenvalue weighted by Crippen LogP contribution is -2.42. The molecule has 0 unspecified atom stereocenters. The lowest BCUT2D eigenvalue weighted by atomic mass is 9.99. The van der Waals surface area contributed by atoms with E-state index in [1.54, 1.807) is 0 Å². The van der Waals surface area contributed by atoms with Crippen LogP contribution in [0.2, 0.25) is 0 Å². The van der Waals surface area contributed by atoms with E-state index in [0.29, 0.717) is 19.8 Å². The van der Waals surface area contributed by atoms with E-state index >= 15 is 0 Å². The van der Waals surface area contributed by atoms with Gasteiger partial charge >= 0.3 is 0 Å². The van der Waals surface area contributed by atoms with Crippen molar-refractivity contribution in [3.05, 3.63) is 35.9 Å². The van der Waals surface area contributed by atoms with Gasteiger partial charge in [0.1, 0.15) is 0 Å². The number of benzene rings is 1. The van der Waals surface area contributed by atoms with Gasteiger partial charge in [-0.15, -0.1) is 6.58 Å². The average Bonchev–Trinajstić information content (AvgIpc) is 2.53. The normalized spacial score (nSPS) is 13.3. The summed E-state index contributed by atoms with van der Waals surface area (Å²) in [6.45, 7) is 11.3. The van der Waals surface area contributed by atoms with E-state index in [4.69, 9.17) is 21.7 Å². The Morgan fingerprint density at radius 1 is 1.27 bits per heavy atom. The van der Waals surface area contributed by atoms with Gasteiger partial charge in [-0.2, -0.15) is 0 Å². The molecule has 120 valence electrons. The fraction of sp³-hybridized carbons (Fsp3) is 0.471. The minimum atomic E-state index is 0.627. The van der Waals surface area contributed by atoms with E-state index in [-0.39, 0.29) is 0 Å². The summed E-state index contributed by atoms with van der Waals surface area (Å²) in [6, 6.07) is 4.20. The number of fused-ring (bicyclic) bond motifs is 1. The Hall–Kier alpha value is -1.75. The molecule has 2 rings (SSSR count). The largest absolute Gasteiger partial charge is 0.490 e. The second-order valence-corrected chi connectivity index (χ2v) is 5.47. The van der Waals surface area contributed by atoms with Gasteiger partial charge in [-0.05, 0) is 55.7 Å². The van der Waals surface area contributed by atoms with E-state index in [0.717, 1.165) is 36.1 Å². The van der Waals surface area contributed by atoms with Gasteiger partial charge in [-0.1, -0.05) is 6.08 Å². The average molecular weight is 320 g/mol. The summed E-state index contributed by atoms with van der Waals surface area (Å²) < 4.78 is 11.4. The highest BCUT2D eigenvalue weighted by molar-refractivity contribution is 7.80. The monoisotopic (exact) mass is 320 g/mol. The smallest absolute Gasteiger partial charge is 0.169 e. The summed E-state index contributed by atoms with van der Waals surface area (Å²) in [6.07, 6.45) is 2.77. The van der Waals surface area contributed by atoms with Crippen molar-refractivity contribution >= 4 is 17.3 Å². The van der Waals surface area contributed by atoms with Crippen LogP contribution in [-0.4, -0.2) is 36.3 Å².